The van der Waals surface area contributed by atoms with E-state index in [1.54, 1.807) is 0 Å². The number of rotatable bonds is 7. The Hall–Kier alpha value is -6.20. The van der Waals surface area contributed by atoms with Crippen molar-refractivity contribution in [3.05, 3.63) is 194 Å². The Morgan fingerprint density at radius 2 is 0.769 bits per heavy atom. The normalized spacial score (nSPS) is 11.5. The summed E-state index contributed by atoms with van der Waals surface area (Å²) < 4.78 is 5.14. The third-order valence-electron chi connectivity index (χ3n) is 9.84. The smallest absolute Gasteiger partial charge is 0.0640 e. The molecule has 0 unspecified atom stereocenters. The standard InChI is InChI=1S/C48H32N2S2/c1-4-13-33(14-5-1)34-23-25-37(26-24-34)50(39-28-29-41-40-19-10-11-22-45(40)51-46(41)32-39)44-21-12-20-43-42-30-27-38(31-47(42)52-48(43)44)49(35-15-6-2-7-16-35)36-17-8-3-9-18-36/h1-32H. The Labute approximate surface area is 310 Å². The van der Waals surface area contributed by atoms with Crippen molar-refractivity contribution >= 4 is 97.1 Å². The topological polar surface area (TPSA) is 6.48 Å². The van der Waals surface area contributed by atoms with Crippen LogP contribution in [0.1, 0.15) is 0 Å². The number of anilines is 6. The zero-order chi connectivity index (χ0) is 34.4. The molecule has 0 aliphatic carbocycles. The molecule has 2 nitrogen and oxygen atoms in total. The minimum Gasteiger partial charge on any atom is -0.310 e. The molecule has 10 aromatic rings. The molecule has 0 atom stereocenters. The summed E-state index contributed by atoms with van der Waals surface area (Å²) in [4.78, 5) is 4.78. The van der Waals surface area contributed by atoms with Crippen molar-refractivity contribution in [2.75, 3.05) is 9.80 Å². The summed E-state index contributed by atoms with van der Waals surface area (Å²) in [6, 6.07) is 70.2. The van der Waals surface area contributed by atoms with Crippen molar-refractivity contribution < 1.29 is 0 Å². The molecule has 4 heteroatoms. The fourth-order valence-electron chi connectivity index (χ4n) is 7.40. The quantitative estimate of drug-likeness (QED) is 0.163. The largest absolute Gasteiger partial charge is 0.310 e. The second kappa shape index (κ2) is 12.8. The van der Waals surface area contributed by atoms with Crippen LogP contribution in [0.15, 0.2) is 194 Å². The van der Waals surface area contributed by atoms with E-state index in [4.69, 9.17) is 0 Å². The third-order valence-corrected chi connectivity index (χ3v) is 12.2. The summed E-state index contributed by atoms with van der Waals surface area (Å²) in [5, 5.41) is 5.16. The predicted octanol–water partition coefficient (Wildman–Crippen LogP) is 15.0. The van der Waals surface area contributed by atoms with Crippen molar-refractivity contribution in [3.63, 3.8) is 0 Å². The van der Waals surface area contributed by atoms with Gasteiger partial charge in [-0.2, -0.15) is 0 Å². The van der Waals surface area contributed by atoms with Gasteiger partial charge in [-0.3, -0.25) is 0 Å². The Morgan fingerprint density at radius 3 is 1.46 bits per heavy atom. The van der Waals surface area contributed by atoms with Crippen LogP contribution in [0.25, 0.3) is 51.5 Å². The van der Waals surface area contributed by atoms with Crippen LogP contribution in [-0.4, -0.2) is 0 Å². The average Bonchev–Trinajstić information content (AvgIpc) is 3.78. The molecule has 52 heavy (non-hydrogen) atoms. The lowest BCUT2D eigenvalue weighted by Gasteiger charge is -2.26. The second-order valence-corrected chi connectivity index (χ2v) is 15.1. The second-order valence-electron chi connectivity index (χ2n) is 13.0. The maximum atomic E-state index is 2.44. The van der Waals surface area contributed by atoms with Crippen LogP contribution >= 0.6 is 22.7 Å². The predicted molar refractivity (Wildman–Crippen MR) is 227 cm³/mol. The first-order chi connectivity index (χ1) is 25.8. The molecule has 8 aromatic carbocycles. The lowest BCUT2D eigenvalue weighted by molar-refractivity contribution is 1.29. The molecular formula is C48H32N2S2. The zero-order valence-corrected chi connectivity index (χ0v) is 29.8. The lowest BCUT2D eigenvalue weighted by Crippen LogP contribution is -2.09. The maximum Gasteiger partial charge on any atom is 0.0640 e. The van der Waals surface area contributed by atoms with Gasteiger partial charge in [0.25, 0.3) is 0 Å². The summed E-state index contributed by atoms with van der Waals surface area (Å²) >= 11 is 3.73. The summed E-state index contributed by atoms with van der Waals surface area (Å²) in [5.41, 5.74) is 9.29. The van der Waals surface area contributed by atoms with Crippen LogP contribution in [-0.2, 0) is 0 Å². The molecule has 0 aliphatic heterocycles. The monoisotopic (exact) mass is 700 g/mol. The van der Waals surface area contributed by atoms with Gasteiger partial charge in [-0.1, -0.05) is 121 Å². The molecule has 0 N–H and O–H groups in total. The molecule has 0 aliphatic rings. The minimum absolute atomic E-state index is 1.13. The van der Waals surface area contributed by atoms with Gasteiger partial charge in [0.05, 0.1) is 10.4 Å². The van der Waals surface area contributed by atoms with E-state index in [1.807, 2.05) is 22.7 Å². The van der Waals surface area contributed by atoms with E-state index >= 15 is 0 Å². The number of para-hydroxylation sites is 2. The van der Waals surface area contributed by atoms with Crippen LogP contribution in [0.3, 0.4) is 0 Å². The molecule has 0 fully saturated rings. The molecule has 0 radical (unpaired) electrons. The van der Waals surface area contributed by atoms with Crippen LogP contribution in [0.5, 0.6) is 0 Å². The van der Waals surface area contributed by atoms with Crippen LogP contribution < -0.4 is 9.80 Å². The van der Waals surface area contributed by atoms with E-state index in [1.165, 1.54) is 57.2 Å². The first kappa shape index (κ1) is 30.6. The fourth-order valence-corrected chi connectivity index (χ4v) is 9.78. The van der Waals surface area contributed by atoms with Gasteiger partial charge in [0.15, 0.2) is 0 Å². The Morgan fingerprint density at radius 1 is 0.288 bits per heavy atom. The van der Waals surface area contributed by atoms with Crippen LogP contribution in [0.2, 0.25) is 0 Å². The number of benzene rings is 8. The fraction of sp³-hybridized carbons (Fsp3) is 0. The van der Waals surface area contributed by atoms with Crippen molar-refractivity contribution in [3.8, 4) is 11.1 Å². The van der Waals surface area contributed by atoms with Crippen LogP contribution in [0.4, 0.5) is 34.1 Å². The van der Waals surface area contributed by atoms with Gasteiger partial charge in [-0.05, 0) is 83.9 Å². The Balaban J connectivity index is 1.15. The third kappa shape index (κ3) is 5.32. The van der Waals surface area contributed by atoms with Gasteiger partial charge in [0, 0.05) is 64.1 Å². The molecular weight excluding hydrogens is 669 g/mol. The lowest BCUT2D eigenvalue weighted by atomic mass is 10.0. The molecule has 246 valence electrons. The number of hydrogen-bond acceptors (Lipinski definition) is 4. The molecule has 2 heterocycles. The van der Waals surface area contributed by atoms with Gasteiger partial charge < -0.3 is 9.80 Å². The highest BCUT2D eigenvalue weighted by atomic mass is 32.1. The Kier molecular flexibility index (Phi) is 7.56. The van der Waals surface area contributed by atoms with Crippen molar-refractivity contribution in [2.45, 2.75) is 0 Å². The minimum atomic E-state index is 1.13. The van der Waals surface area contributed by atoms with E-state index in [-0.39, 0.29) is 0 Å². The molecule has 10 rings (SSSR count). The molecule has 0 bridgehead atoms. The van der Waals surface area contributed by atoms with Crippen molar-refractivity contribution in [2.24, 2.45) is 0 Å². The number of hydrogen-bond donors (Lipinski definition) is 0. The highest BCUT2D eigenvalue weighted by Crippen LogP contribution is 2.48. The molecule has 0 spiro atoms. The van der Waals surface area contributed by atoms with E-state index in [0.29, 0.717) is 0 Å². The average molecular weight is 701 g/mol. The number of nitrogens with zero attached hydrogens (tertiary/aromatic N) is 2. The van der Waals surface area contributed by atoms with Crippen molar-refractivity contribution in [1.29, 1.82) is 0 Å². The van der Waals surface area contributed by atoms with E-state index in [0.717, 1.165) is 28.4 Å². The van der Waals surface area contributed by atoms with Gasteiger partial charge in [-0.15, -0.1) is 22.7 Å². The van der Waals surface area contributed by atoms with Crippen molar-refractivity contribution in [1.82, 2.24) is 0 Å². The van der Waals surface area contributed by atoms with Gasteiger partial charge in [-0.25, -0.2) is 0 Å². The molecule has 0 saturated carbocycles. The first-order valence-corrected chi connectivity index (χ1v) is 19.1. The van der Waals surface area contributed by atoms with Gasteiger partial charge in [0.1, 0.15) is 0 Å². The number of fused-ring (bicyclic) bond motifs is 6. The highest BCUT2D eigenvalue weighted by Gasteiger charge is 2.20. The van der Waals surface area contributed by atoms with Gasteiger partial charge >= 0.3 is 0 Å². The van der Waals surface area contributed by atoms with E-state index in [9.17, 15) is 0 Å². The van der Waals surface area contributed by atoms with E-state index < -0.39 is 0 Å². The summed E-state index contributed by atoms with van der Waals surface area (Å²) in [6.07, 6.45) is 0. The molecule has 0 saturated heterocycles. The molecule has 2 aromatic heterocycles. The maximum absolute atomic E-state index is 2.44. The zero-order valence-electron chi connectivity index (χ0n) is 28.2. The summed E-state index contributed by atoms with van der Waals surface area (Å²) in [6.45, 7) is 0. The van der Waals surface area contributed by atoms with Crippen LogP contribution in [0, 0.1) is 0 Å². The molecule has 0 amide bonds. The number of thiophene rings is 2. The Bertz CT molecular complexity index is 2800. The SMILES string of the molecule is c1ccc(-c2ccc(N(c3ccc4c(c3)sc3ccccc34)c3cccc4c3sc3cc(N(c5ccccc5)c5ccccc5)ccc34)cc2)cc1. The van der Waals surface area contributed by atoms with E-state index in [2.05, 4.69) is 204 Å². The van der Waals surface area contributed by atoms with Gasteiger partial charge in [0.2, 0.25) is 0 Å². The summed E-state index contributed by atoms with van der Waals surface area (Å²) in [5.74, 6) is 0. The first-order valence-electron chi connectivity index (χ1n) is 17.5. The summed E-state index contributed by atoms with van der Waals surface area (Å²) in [7, 11) is 0. The highest BCUT2D eigenvalue weighted by molar-refractivity contribution is 7.26.